The Kier molecular flexibility index (Phi) is 3.13. The van der Waals surface area contributed by atoms with Crippen molar-refractivity contribution < 1.29 is 4.74 Å². The Morgan fingerprint density at radius 1 is 1.16 bits per heavy atom. The lowest BCUT2D eigenvalue weighted by Gasteiger charge is -2.07. The van der Waals surface area contributed by atoms with Gasteiger partial charge in [0.15, 0.2) is 0 Å². The van der Waals surface area contributed by atoms with Crippen LogP contribution in [0.1, 0.15) is 11.1 Å². The number of hydrogen-bond donors (Lipinski definition) is 1. The van der Waals surface area contributed by atoms with Gasteiger partial charge in [0.25, 0.3) is 0 Å². The molecule has 0 radical (unpaired) electrons. The number of fused-ring (bicyclic) bond motifs is 1. The molecule has 1 heterocycles. The minimum Gasteiger partial charge on any atom is -0.489 e. The van der Waals surface area contributed by atoms with Gasteiger partial charge in [0.05, 0.1) is 0 Å². The summed E-state index contributed by atoms with van der Waals surface area (Å²) >= 11 is 1.71. The van der Waals surface area contributed by atoms with Gasteiger partial charge in [-0.3, -0.25) is 0 Å². The van der Waals surface area contributed by atoms with Crippen molar-refractivity contribution in [2.75, 3.05) is 5.73 Å². The van der Waals surface area contributed by atoms with Crippen LogP contribution in [0.5, 0.6) is 5.75 Å². The highest BCUT2D eigenvalue weighted by Gasteiger charge is 2.07. The zero-order valence-electron chi connectivity index (χ0n) is 10.7. The van der Waals surface area contributed by atoms with Crippen LogP contribution >= 0.6 is 11.3 Å². The number of nitrogen functional groups attached to an aromatic ring is 1. The molecule has 2 aromatic carbocycles. The third-order valence-corrected chi connectivity index (χ3v) is 4.09. The highest BCUT2D eigenvalue weighted by molar-refractivity contribution is 7.17. The maximum absolute atomic E-state index is 6.05. The summed E-state index contributed by atoms with van der Waals surface area (Å²) in [5, 5.41) is 3.25. The van der Waals surface area contributed by atoms with Gasteiger partial charge in [-0.25, -0.2) is 0 Å². The number of thiophene rings is 1. The summed E-state index contributed by atoms with van der Waals surface area (Å²) in [5.41, 5.74) is 9.22. The first-order valence-electron chi connectivity index (χ1n) is 6.18. The van der Waals surface area contributed by atoms with Gasteiger partial charge in [-0.05, 0) is 42.1 Å². The van der Waals surface area contributed by atoms with Gasteiger partial charge < -0.3 is 10.5 Å². The summed E-state index contributed by atoms with van der Waals surface area (Å²) in [4.78, 5) is 0. The maximum atomic E-state index is 6.05. The van der Waals surface area contributed by atoms with E-state index in [1.807, 2.05) is 30.3 Å². The summed E-state index contributed by atoms with van der Waals surface area (Å²) in [7, 11) is 0. The highest BCUT2D eigenvalue weighted by Crippen LogP contribution is 2.31. The number of anilines is 1. The molecular weight excluding hydrogens is 254 g/mol. The zero-order valence-corrected chi connectivity index (χ0v) is 11.5. The minimum atomic E-state index is 0.553. The molecule has 2 nitrogen and oxygen atoms in total. The third kappa shape index (κ3) is 2.42. The molecule has 0 amide bonds. The second-order valence-corrected chi connectivity index (χ2v) is 5.50. The van der Waals surface area contributed by atoms with Gasteiger partial charge in [0.2, 0.25) is 0 Å². The number of hydrogen-bond acceptors (Lipinski definition) is 3. The Balaban J connectivity index is 1.86. The average molecular weight is 269 g/mol. The van der Waals surface area contributed by atoms with E-state index in [0.717, 1.165) is 22.4 Å². The van der Waals surface area contributed by atoms with Crippen molar-refractivity contribution in [1.82, 2.24) is 0 Å². The van der Waals surface area contributed by atoms with Crippen molar-refractivity contribution in [3.63, 3.8) is 0 Å². The fourth-order valence-corrected chi connectivity index (χ4v) is 3.13. The van der Waals surface area contributed by atoms with Crippen molar-refractivity contribution in [3.05, 3.63) is 59.0 Å². The molecule has 0 aliphatic heterocycles. The lowest BCUT2D eigenvalue weighted by molar-refractivity contribution is 0.308. The molecule has 0 fully saturated rings. The second-order valence-electron chi connectivity index (χ2n) is 4.59. The molecule has 19 heavy (non-hydrogen) atoms. The van der Waals surface area contributed by atoms with Crippen LogP contribution in [-0.4, -0.2) is 0 Å². The summed E-state index contributed by atoms with van der Waals surface area (Å²) in [6.07, 6.45) is 0. The monoisotopic (exact) mass is 269 g/mol. The maximum Gasteiger partial charge on any atom is 0.120 e. The van der Waals surface area contributed by atoms with Crippen molar-refractivity contribution in [1.29, 1.82) is 0 Å². The zero-order chi connectivity index (χ0) is 13.2. The first-order valence-corrected chi connectivity index (χ1v) is 7.06. The van der Waals surface area contributed by atoms with Gasteiger partial charge in [-0.1, -0.05) is 18.2 Å². The van der Waals surface area contributed by atoms with Gasteiger partial charge in [0, 0.05) is 21.3 Å². The van der Waals surface area contributed by atoms with E-state index in [1.54, 1.807) is 11.3 Å². The van der Waals surface area contributed by atoms with E-state index in [9.17, 15) is 0 Å². The van der Waals surface area contributed by atoms with Crippen LogP contribution in [0.4, 0.5) is 5.69 Å². The summed E-state index contributed by atoms with van der Waals surface area (Å²) in [6.45, 7) is 2.61. The molecule has 0 unspecified atom stereocenters. The van der Waals surface area contributed by atoms with Gasteiger partial charge in [-0.2, -0.15) is 0 Å². The van der Waals surface area contributed by atoms with E-state index < -0.39 is 0 Å². The molecule has 0 saturated heterocycles. The van der Waals surface area contributed by atoms with Gasteiger partial charge >= 0.3 is 0 Å². The lowest BCUT2D eigenvalue weighted by Crippen LogP contribution is -1.96. The first kappa shape index (κ1) is 12.1. The van der Waals surface area contributed by atoms with Crippen molar-refractivity contribution >= 4 is 27.1 Å². The lowest BCUT2D eigenvalue weighted by atomic mass is 10.1. The molecule has 3 aromatic rings. The smallest absolute Gasteiger partial charge is 0.120 e. The van der Waals surface area contributed by atoms with Crippen LogP contribution < -0.4 is 10.5 Å². The quantitative estimate of drug-likeness (QED) is 0.716. The second kappa shape index (κ2) is 4.94. The fourth-order valence-electron chi connectivity index (χ4n) is 2.16. The topological polar surface area (TPSA) is 35.2 Å². The van der Waals surface area contributed by atoms with Crippen LogP contribution in [0.15, 0.2) is 47.8 Å². The van der Waals surface area contributed by atoms with Crippen LogP contribution in [-0.2, 0) is 6.61 Å². The predicted molar refractivity (Wildman–Crippen MR) is 81.7 cm³/mol. The highest BCUT2D eigenvalue weighted by atomic mass is 32.1. The molecule has 0 aliphatic rings. The van der Waals surface area contributed by atoms with Crippen molar-refractivity contribution in [2.24, 2.45) is 0 Å². The van der Waals surface area contributed by atoms with Gasteiger partial charge in [0.1, 0.15) is 12.4 Å². The molecule has 3 heteroatoms. The average Bonchev–Trinajstić information content (AvgIpc) is 2.81. The van der Waals surface area contributed by atoms with E-state index in [1.165, 1.54) is 10.3 Å². The molecule has 0 aliphatic carbocycles. The number of aryl methyl sites for hydroxylation is 1. The minimum absolute atomic E-state index is 0.553. The molecule has 3 rings (SSSR count). The number of rotatable bonds is 3. The van der Waals surface area contributed by atoms with Crippen LogP contribution in [0.2, 0.25) is 0 Å². The number of ether oxygens (including phenoxy) is 1. The molecule has 2 N–H and O–H groups in total. The largest absolute Gasteiger partial charge is 0.489 e. The molecule has 96 valence electrons. The molecule has 0 atom stereocenters. The van der Waals surface area contributed by atoms with Crippen LogP contribution in [0, 0.1) is 6.92 Å². The van der Waals surface area contributed by atoms with E-state index in [4.69, 9.17) is 10.5 Å². The standard InChI is InChI=1S/C16H15NOS/c1-11-4-2-5-13(8-11)18-9-12-10-19-15-7-3-6-14(17)16(12)15/h2-8,10H,9,17H2,1H3. The van der Waals surface area contributed by atoms with E-state index in [2.05, 4.69) is 24.4 Å². The Labute approximate surface area is 116 Å². The number of benzene rings is 2. The summed E-state index contributed by atoms with van der Waals surface area (Å²) in [6, 6.07) is 14.1. The van der Waals surface area contributed by atoms with Gasteiger partial charge in [-0.15, -0.1) is 11.3 Å². The van der Waals surface area contributed by atoms with Crippen molar-refractivity contribution in [2.45, 2.75) is 13.5 Å². The first-order chi connectivity index (χ1) is 9.24. The fraction of sp³-hybridized carbons (Fsp3) is 0.125. The summed E-state index contributed by atoms with van der Waals surface area (Å²) in [5.74, 6) is 0.897. The molecule has 0 bridgehead atoms. The van der Waals surface area contributed by atoms with E-state index in [0.29, 0.717) is 6.61 Å². The molecule has 0 saturated carbocycles. The van der Waals surface area contributed by atoms with Crippen LogP contribution in [0.3, 0.4) is 0 Å². The van der Waals surface area contributed by atoms with Crippen LogP contribution in [0.25, 0.3) is 10.1 Å². The molecular formula is C16H15NOS. The van der Waals surface area contributed by atoms with E-state index in [-0.39, 0.29) is 0 Å². The normalized spacial score (nSPS) is 10.8. The Hall–Kier alpha value is -2.00. The SMILES string of the molecule is Cc1cccc(OCc2csc3cccc(N)c23)c1. The predicted octanol–water partition coefficient (Wildman–Crippen LogP) is 4.37. The Morgan fingerprint density at radius 3 is 2.84 bits per heavy atom. The summed E-state index contributed by atoms with van der Waals surface area (Å²) < 4.78 is 7.06. The molecule has 0 spiro atoms. The molecule has 1 aromatic heterocycles. The van der Waals surface area contributed by atoms with Crippen molar-refractivity contribution in [3.8, 4) is 5.75 Å². The third-order valence-electron chi connectivity index (χ3n) is 3.09. The number of nitrogens with two attached hydrogens (primary N) is 1. The van der Waals surface area contributed by atoms with E-state index >= 15 is 0 Å². The Morgan fingerprint density at radius 2 is 2.00 bits per heavy atom. The Bertz CT molecular complexity index is 718.